The van der Waals surface area contributed by atoms with Gasteiger partial charge >= 0.3 is 5.97 Å². The molecule has 3 rings (SSSR count). The van der Waals surface area contributed by atoms with Crippen LogP contribution in [-0.2, 0) is 4.79 Å². The molecule has 0 bridgehead atoms. The van der Waals surface area contributed by atoms with Crippen molar-refractivity contribution in [3.63, 3.8) is 0 Å². The summed E-state index contributed by atoms with van der Waals surface area (Å²) in [5.74, 6) is 0.0404. The van der Waals surface area contributed by atoms with Crippen LogP contribution in [0.4, 0.5) is 0 Å². The van der Waals surface area contributed by atoms with Gasteiger partial charge in [-0.2, -0.15) is 0 Å². The number of aliphatic carboxylic acids is 1. The molecule has 1 heterocycles. The zero-order chi connectivity index (χ0) is 17.1. The maximum absolute atomic E-state index is 11.7. The quantitative estimate of drug-likeness (QED) is 0.912. The molecule has 0 saturated carbocycles. The van der Waals surface area contributed by atoms with Crippen LogP contribution in [0.25, 0.3) is 0 Å². The second-order valence-electron chi connectivity index (χ2n) is 6.29. The zero-order valence-electron chi connectivity index (χ0n) is 14.1. The molecule has 0 aliphatic carbocycles. The number of rotatable bonds is 5. The van der Waals surface area contributed by atoms with Crippen LogP contribution in [0.3, 0.4) is 0 Å². The summed E-state index contributed by atoms with van der Waals surface area (Å²) in [4.78, 5) is 13.8. The Balaban J connectivity index is 2.10. The van der Waals surface area contributed by atoms with Gasteiger partial charge in [-0.1, -0.05) is 48.0 Å². The average molecular weight is 325 g/mol. The highest BCUT2D eigenvalue weighted by Gasteiger charge is 2.37. The third kappa shape index (κ3) is 3.15. The number of carboxylic acids is 1. The molecule has 2 aromatic rings. The minimum atomic E-state index is -0.750. The van der Waals surface area contributed by atoms with E-state index in [0.29, 0.717) is 6.42 Å². The predicted molar refractivity (Wildman–Crippen MR) is 93.4 cm³/mol. The number of ether oxygens (including phenoxy) is 1. The molecule has 1 saturated heterocycles. The molecule has 126 valence electrons. The van der Waals surface area contributed by atoms with Gasteiger partial charge in [-0.3, -0.25) is 9.69 Å². The van der Waals surface area contributed by atoms with E-state index in [9.17, 15) is 9.90 Å². The van der Waals surface area contributed by atoms with Gasteiger partial charge in [0.2, 0.25) is 0 Å². The minimum Gasteiger partial charge on any atom is -0.496 e. The summed E-state index contributed by atoms with van der Waals surface area (Å²) in [7, 11) is 1.66. The van der Waals surface area contributed by atoms with Crippen LogP contribution in [0.5, 0.6) is 5.75 Å². The molecule has 4 nitrogen and oxygen atoms in total. The highest BCUT2D eigenvalue weighted by Crippen LogP contribution is 2.38. The highest BCUT2D eigenvalue weighted by atomic mass is 16.5. The van der Waals surface area contributed by atoms with E-state index in [1.165, 1.54) is 5.56 Å². The number of nitrogens with zero attached hydrogens (tertiary/aromatic N) is 1. The van der Waals surface area contributed by atoms with E-state index in [4.69, 9.17) is 4.74 Å². The van der Waals surface area contributed by atoms with Crippen molar-refractivity contribution < 1.29 is 14.6 Å². The summed E-state index contributed by atoms with van der Waals surface area (Å²) in [6, 6.07) is 15.6. The van der Waals surface area contributed by atoms with Crippen molar-refractivity contribution in [2.75, 3.05) is 13.7 Å². The maximum Gasteiger partial charge on any atom is 0.320 e. The van der Waals surface area contributed by atoms with Crippen LogP contribution >= 0.6 is 0 Å². The van der Waals surface area contributed by atoms with Gasteiger partial charge in [-0.25, -0.2) is 0 Å². The highest BCUT2D eigenvalue weighted by molar-refractivity contribution is 5.74. The van der Waals surface area contributed by atoms with Crippen LogP contribution in [0.2, 0.25) is 0 Å². The van der Waals surface area contributed by atoms with E-state index in [2.05, 4.69) is 36.1 Å². The van der Waals surface area contributed by atoms with Gasteiger partial charge in [-0.15, -0.1) is 0 Å². The topological polar surface area (TPSA) is 49.8 Å². The Morgan fingerprint density at radius 1 is 1.21 bits per heavy atom. The monoisotopic (exact) mass is 325 g/mol. The second-order valence-corrected chi connectivity index (χ2v) is 6.29. The molecule has 0 spiro atoms. The molecule has 0 amide bonds. The molecule has 0 aromatic heterocycles. The zero-order valence-corrected chi connectivity index (χ0v) is 14.1. The van der Waals surface area contributed by atoms with Crippen LogP contribution in [0.1, 0.15) is 35.6 Å². The first-order chi connectivity index (χ1) is 11.6. The Bertz CT molecular complexity index is 711. The summed E-state index contributed by atoms with van der Waals surface area (Å²) in [6.07, 6.45) is 1.58. The normalized spacial score (nSPS) is 19.2. The first-order valence-corrected chi connectivity index (χ1v) is 8.30. The van der Waals surface area contributed by atoms with Crippen molar-refractivity contribution in [1.29, 1.82) is 0 Å². The number of likely N-dealkylation sites (tertiary alicyclic amines) is 1. The SMILES string of the molecule is COc1ccccc1C(c1ccc(C)cc1)N1CCCC1C(=O)O. The lowest BCUT2D eigenvalue weighted by atomic mass is 9.94. The number of para-hydroxylation sites is 1. The second kappa shape index (κ2) is 7.05. The Morgan fingerprint density at radius 2 is 1.92 bits per heavy atom. The fourth-order valence-corrected chi connectivity index (χ4v) is 3.55. The number of carbonyl (C=O) groups is 1. The number of hydrogen-bond acceptors (Lipinski definition) is 3. The summed E-state index contributed by atoms with van der Waals surface area (Å²) in [5.41, 5.74) is 3.30. The molecule has 2 aromatic carbocycles. The third-order valence-corrected chi connectivity index (χ3v) is 4.74. The Hall–Kier alpha value is -2.33. The molecule has 1 N–H and O–H groups in total. The van der Waals surface area contributed by atoms with E-state index >= 15 is 0 Å². The van der Waals surface area contributed by atoms with Gasteiger partial charge < -0.3 is 9.84 Å². The lowest BCUT2D eigenvalue weighted by Crippen LogP contribution is -2.39. The molecule has 4 heteroatoms. The van der Waals surface area contributed by atoms with Crippen LogP contribution < -0.4 is 4.74 Å². The van der Waals surface area contributed by atoms with Gasteiger partial charge in [0.1, 0.15) is 11.8 Å². The van der Waals surface area contributed by atoms with Crippen molar-refractivity contribution in [2.24, 2.45) is 0 Å². The third-order valence-electron chi connectivity index (χ3n) is 4.74. The van der Waals surface area contributed by atoms with E-state index in [-0.39, 0.29) is 6.04 Å². The van der Waals surface area contributed by atoms with Gasteiger partial charge in [0.25, 0.3) is 0 Å². The lowest BCUT2D eigenvalue weighted by Gasteiger charge is -2.32. The standard InChI is InChI=1S/C20H23NO3/c1-14-9-11-15(12-10-14)19(16-6-3-4-8-18(16)24-2)21-13-5-7-17(21)20(22)23/h3-4,6,8-12,17,19H,5,7,13H2,1-2H3,(H,22,23). The predicted octanol–water partition coefficient (Wildman–Crippen LogP) is 3.64. The largest absolute Gasteiger partial charge is 0.496 e. The first kappa shape index (κ1) is 16.5. The van der Waals surface area contributed by atoms with Crippen molar-refractivity contribution in [3.05, 3.63) is 65.2 Å². The Kier molecular flexibility index (Phi) is 4.86. The van der Waals surface area contributed by atoms with Crippen molar-refractivity contribution in [1.82, 2.24) is 4.90 Å². The van der Waals surface area contributed by atoms with E-state index in [1.54, 1.807) is 7.11 Å². The van der Waals surface area contributed by atoms with E-state index in [1.807, 2.05) is 24.3 Å². The Labute approximate surface area is 142 Å². The van der Waals surface area contributed by atoms with Gasteiger partial charge in [0.05, 0.1) is 13.2 Å². The lowest BCUT2D eigenvalue weighted by molar-refractivity contribution is -0.142. The minimum absolute atomic E-state index is 0.120. The summed E-state index contributed by atoms with van der Waals surface area (Å²) in [6.45, 7) is 2.82. The van der Waals surface area contributed by atoms with Gasteiger partial charge in [0, 0.05) is 12.1 Å². The number of methoxy groups -OCH3 is 1. The molecule has 24 heavy (non-hydrogen) atoms. The number of carboxylic acid groups (broad SMARTS) is 1. The maximum atomic E-state index is 11.7. The van der Waals surface area contributed by atoms with Crippen LogP contribution in [0.15, 0.2) is 48.5 Å². The molecule has 1 aliphatic rings. The molecule has 1 fully saturated rings. The molecule has 2 unspecified atom stereocenters. The van der Waals surface area contributed by atoms with E-state index in [0.717, 1.165) is 29.8 Å². The Morgan fingerprint density at radius 3 is 2.58 bits per heavy atom. The fourth-order valence-electron chi connectivity index (χ4n) is 3.55. The summed E-state index contributed by atoms with van der Waals surface area (Å²) >= 11 is 0. The number of hydrogen-bond donors (Lipinski definition) is 1. The average Bonchev–Trinajstić information content (AvgIpc) is 3.07. The number of aryl methyl sites for hydroxylation is 1. The van der Waals surface area contributed by atoms with Crippen LogP contribution in [-0.4, -0.2) is 35.7 Å². The molecular weight excluding hydrogens is 302 g/mol. The van der Waals surface area contributed by atoms with Crippen LogP contribution in [0, 0.1) is 6.92 Å². The molecule has 0 radical (unpaired) electrons. The van der Waals surface area contributed by atoms with Crippen molar-refractivity contribution in [3.8, 4) is 5.75 Å². The van der Waals surface area contributed by atoms with Gasteiger partial charge in [0.15, 0.2) is 0 Å². The summed E-state index contributed by atoms with van der Waals surface area (Å²) < 4.78 is 5.55. The smallest absolute Gasteiger partial charge is 0.320 e. The van der Waals surface area contributed by atoms with E-state index < -0.39 is 12.0 Å². The summed E-state index contributed by atoms with van der Waals surface area (Å²) in [5, 5.41) is 9.62. The number of benzene rings is 2. The molecular formula is C20H23NO3. The van der Waals surface area contributed by atoms with Gasteiger partial charge in [-0.05, 0) is 31.4 Å². The van der Waals surface area contributed by atoms with Crippen molar-refractivity contribution >= 4 is 5.97 Å². The molecule has 1 aliphatic heterocycles. The fraction of sp³-hybridized carbons (Fsp3) is 0.350. The first-order valence-electron chi connectivity index (χ1n) is 8.30. The molecule has 2 atom stereocenters. The van der Waals surface area contributed by atoms with Crippen molar-refractivity contribution in [2.45, 2.75) is 31.8 Å².